The van der Waals surface area contributed by atoms with Crippen LogP contribution < -0.4 is 5.32 Å². The van der Waals surface area contributed by atoms with E-state index in [9.17, 15) is 9.59 Å². The maximum Gasteiger partial charge on any atom is 0.307 e. The summed E-state index contributed by atoms with van der Waals surface area (Å²) in [4.78, 5) is 27.6. The maximum absolute atomic E-state index is 12.2. The predicted octanol–water partition coefficient (Wildman–Crippen LogP) is 2.32. The third-order valence-corrected chi connectivity index (χ3v) is 4.93. The number of carboxylic acid groups (broad SMARTS) is 1. The maximum atomic E-state index is 12.2. The molecule has 5 nitrogen and oxygen atoms in total. The minimum absolute atomic E-state index is 0.191. The van der Waals surface area contributed by atoms with Gasteiger partial charge in [-0.15, -0.1) is 11.3 Å². The van der Waals surface area contributed by atoms with Crippen LogP contribution in [0.3, 0.4) is 0 Å². The number of anilines is 1. The van der Waals surface area contributed by atoms with E-state index < -0.39 is 23.2 Å². The van der Waals surface area contributed by atoms with E-state index in [0.29, 0.717) is 5.92 Å². The van der Waals surface area contributed by atoms with Gasteiger partial charge in [0.2, 0.25) is 5.91 Å². The standard InChI is InChI=1S/C13H16N2O3S/c1-13(2)7(8(13)12(17)18)10(16)15-11-9(6-3-4-6)14-5-19-11/h5-8H,3-4H2,1-2H3,(H,15,16)(H,17,18)/t7-,8+/m1/s1. The normalized spacial score (nSPS) is 27.9. The molecule has 1 aromatic heterocycles. The van der Waals surface area contributed by atoms with E-state index in [1.807, 2.05) is 13.8 Å². The van der Waals surface area contributed by atoms with Crippen molar-refractivity contribution >= 4 is 28.2 Å². The Kier molecular flexibility index (Phi) is 2.67. The molecule has 0 aromatic carbocycles. The van der Waals surface area contributed by atoms with Gasteiger partial charge < -0.3 is 10.4 Å². The highest BCUT2D eigenvalue weighted by Crippen LogP contribution is 2.58. The fourth-order valence-electron chi connectivity index (χ4n) is 2.77. The Hall–Kier alpha value is -1.43. The Morgan fingerprint density at radius 1 is 1.42 bits per heavy atom. The first kappa shape index (κ1) is 12.6. The fraction of sp³-hybridized carbons (Fsp3) is 0.615. The summed E-state index contributed by atoms with van der Waals surface area (Å²) in [7, 11) is 0. The van der Waals surface area contributed by atoms with Crippen molar-refractivity contribution in [2.45, 2.75) is 32.6 Å². The summed E-state index contributed by atoms with van der Waals surface area (Å²) in [6.07, 6.45) is 2.25. The molecule has 0 spiro atoms. The van der Waals surface area contributed by atoms with E-state index in [1.165, 1.54) is 11.3 Å². The van der Waals surface area contributed by atoms with Gasteiger partial charge in [-0.1, -0.05) is 13.8 Å². The van der Waals surface area contributed by atoms with E-state index in [0.717, 1.165) is 23.5 Å². The molecule has 1 aromatic rings. The smallest absolute Gasteiger partial charge is 0.307 e. The minimum atomic E-state index is -0.892. The Balaban J connectivity index is 1.72. The summed E-state index contributed by atoms with van der Waals surface area (Å²) in [5, 5.41) is 12.8. The lowest BCUT2D eigenvalue weighted by Crippen LogP contribution is -2.17. The first-order chi connectivity index (χ1) is 8.93. The first-order valence-corrected chi connectivity index (χ1v) is 7.28. The molecule has 2 fully saturated rings. The number of aromatic nitrogens is 1. The number of carboxylic acids is 1. The monoisotopic (exact) mass is 280 g/mol. The molecule has 0 radical (unpaired) electrons. The second kappa shape index (κ2) is 4.03. The van der Waals surface area contributed by atoms with Crippen LogP contribution in [0.4, 0.5) is 5.00 Å². The van der Waals surface area contributed by atoms with Gasteiger partial charge >= 0.3 is 5.97 Å². The van der Waals surface area contributed by atoms with Crippen LogP contribution in [0.25, 0.3) is 0 Å². The molecular formula is C13H16N2O3S. The van der Waals surface area contributed by atoms with Crippen molar-refractivity contribution in [2.75, 3.05) is 5.32 Å². The lowest BCUT2D eigenvalue weighted by atomic mass is 10.1. The summed E-state index contributed by atoms with van der Waals surface area (Å²) < 4.78 is 0. The van der Waals surface area contributed by atoms with Gasteiger partial charge in [0.1, 0.15) is 5.00 Å². The number of hydrogen-bond donors (Lipinski definition) is 2. The number of nitrogens with zero attached hydrogens (tertiary/aromatic N) is 1. The van der Waals surface area contributed by atoms with Crippen molar-refractivity contribution < 1.29 is 14.7 Å². The fourth-order valence-corrected chi connectivity index (χ4v) is 3.54. The van der Waals surface area contributed by atoms with Crippen LogP contribution in [0.5, 0.6) is 0 Å². The van der Waals surface area contributed by atoms with Crippen molar-refractivity contribution in [2.24, 2.45) is 17.3 Å². The van der Waals surface area contributed by atoms with Crippen LogP contribution >= 0.6 is 11.3 Å². The number of hydrogen-bond acceptors (Lipinski definition) is 4. The van der Waals surface area contributed by atoms with Gasteiger partial charge in [0.05, 0.1) is 23.0 Å². The molecule has 0 unspecified atom stereocenters. The zero-order valence-electron chi connectivity index (χ0n) is 10.8. The SMILES string of the molecule is CC1(C)[C@H](C(=O)O)[C@@H]1C(=O)Nc1scnc1C1CC1. The molecule has 2 aliphatic carbocycles. The van der Waals surface area contributed by atoms with Crippen LogP contribution in [0, 0.1) is 17.3 Å². The van der Waals surface area contributed by atoms with Crippen molar-refractivity contribution in [3.63, 3.8) is 0 Å². The van der Waals surface area contributed by atoms with E-state index in [1.54, 1.807) is 5.51 Å². The highest BCUT2D eigenvalue weighted by molar-refractivity contribution is 7.14. The molecular weight excluding hydrogens is 264 g/mol. The lowest BCUT2D eigenvalue weighted by molar-refractivity contribution is -0.140. The van der Waals surface area contributed by atoms with E-state index in [4.69, 9.17) is 5.11 Å². The molecule has 2 aliphatic rings. The average Bonchev–Trinajstić information content (AvgIpc) is 3.18. The molecule has 0 aliphatic heterocycles. The average molecular weight is 280 g/mol. The molecule has 3 rings (SSSR count). The second-order valence-corrected chi connectivity index (χ2v) is 6.80. The van der Waals surface area contributed by atoms with Crippen LogP contribution in [0.15, 0.2) is 5.51 Å². The summed E-state index contributed by atoms with van der Waals surface area (Å²) >= 11 is 1.41. The van der Waals surface area contributed by atoms with Gasteiger partial charge in [-0.25, -0.2) is 4.98 Å². The topological polar surface area (TPSA) is 79.3 Å². The Morgan fingerprint density at radius 2 is 2.11 bits per heavy atom. The summed E-state index contributed by atoms with van der Waals surface area (Å²) in [6, 6.07) is 0. The molecule has 2 atom stereocenters. The number of thiazole rings is 1. The van der Waals surface area contributed by atoms with Gasteiger partial charge in [-0.3, -0.25) is 9.59 Å². The van der Waals surface area contributed by atoms with Crippen molar-refractivity contribution in [3.05, 3.63) is 11.2 Å². The van der Waals surface area contributed by atoms with E-state index in [-0.39, 0.29) is 5.91 Å². The number of carbonyl (C=O) groups excluding carboxylic acids is 1. The molecule has 0 bridgehead atoms. The van der Waals surface area contributed by atoms with E-state index >= 15 is 0 Å². The molecule has 102 valence electrons. The quantitative estimate of drug-likeness (QED) is 0.887. The van der Waals surface area contributed by atoms with Crippen molar-refractivity contribution in [1.29, 1.82) is 0 Å². The predicted molar refractivity (Wildman–Crippen MR) is 71.1 cm³/mol. The third-order valence-electron chi connectivity index (χ3n) is 4.17. The molecule has 1 amide bonds. The molecule has 0 saturated heterocycles. The zero-order valence-corrected chi connectivity index (χ0v) is 11.7. The van der Waals surface area contributed by atoms with Crippen LogP contribution in [-0.2, 0) is 9.59 Å². The van der Waals surface area contributed by atoms with Crippen LogP contribution in [-0.4, -0.2) is 22.0 Å². The molecule has 1 heterocycles. The molecule has 2 N–H and O–H groups in total. The van der Waals surface area contributed by atoms with Crippen molar-refractivity contribution in [1.82, 2.24) is 4.98 Å². The zero-order chi connectivity index (χ0) is 13.8. The highest BCUT2D eigenvalue weighted by Gasteiger charge is 2.66. The second-order valence-electron chi connectivity index (χ2n) is 5.95. The van der Waals surface area contributed by atoms with Crippen LogP contribution in [0.1, 0.15) is 38.3 Å². The Bertz CT molecular complexity index is 548. The summed E-state index contributed by atoms with van der Waals surface area (Å²) in [6.45, 7) is 3.65. The highest BCUT2D eigenvalue weighted by atomic mass is 32.1. The van der Waals surface area contributed by atoms with Crippen LogP contribution in [0.2, 0.25) is 0 Å². The number of rotatable bonds is 4. The van der Waals surface area contributed by atoms with Gasteiger partial charge in [0, 0.05) is 5.92 Å². The number of carbonyl (C=O) groups is 2. The summed E-state index contributed by atoms with van der Waals surface area (Å²) in [5.41, 5.74) is 2.24. The lowest BCUT2D eigenvalue weighted by Gasteiger charge is -2.05. The number of nitrogens with one attached hydrogen (secondary N) is 1. The number of amides is 1. The van der Waals surface area contributed by atoms with Gasteiger partial charge in [0.25, 0.3) is 0 Å². The minimum Gasteiger partial charge on any atom is -0.481 e. The molecule has 2 saturated carbocycles. The van der Waals surface area contributed by atoms with Gasteiger partial charge in [-0.05, 0) is 18.3 Å². The molecule has 19 heavy (non-hydrogen) atoms. The third kappa shape index (κ3) is 2.04. The molecule has 6 heteroatoms. The Labute approximate surface area is 115 Å². The van der Waals surface area contributed by atoms with Crippen molar-refractivity contribution in [3.8, 4) is 0 Å². The largest absolute Gasteiger partial charge is 0.481 e. The summed E-state index contributed by atoms with van der Waals surface area (Å²) in [5.74, 6) is -1.63. The van der Waals surface area contributed by atoms with Gasteiger partial charge in [0.15, 0.2) is 0 Å². The first-order valence-electron chi connectivity index (χ1n) is 6.40. The Morgan fingerprint density at radius 3 is 2.63 bits per heavy atom. The number of aliphatic carboxylic acids is 1. The van der Waals surface area contributed by atoms with Gasteiger partial charge in [-0.2, -0.15) is 0 Å². The van der Waals surface area contributed by atoms with E-state index in [2.05, 4.69) is 10.3 Å².